The lowest BCUT2D eigenvalue weighted by atomic mass is 10.1. The van der Waals surface area contributed by atoms with Crippen molar-refractivity contribution in [2.45, 2.75) is 71.6 Å². The summed E-state index contributed by atoms with van der Waals surface area (Å²) in [5, 5.41) is 0. The first-order chi connectivity index (χ1) is 10.3. The summed E-state index contributed by atoms with van der Waals surface area (Å²) in [6.45, 7) is 5.54. The van der Waals surface area contributed by atoms with Crippen molar-refractivity contribution in [2.75, 3.05) is 36.7 Å². The van der Waals surface area contributed by atoms with Gasteiger partial charge in [0.25, 0.3) is 0 Å². The number of unbranched alkanes of at least 4 members (excludes halogenated alkanes) is 7. The van der Waals surface area contributed by atoms with E-state index in [0.717, 1.165) is 18.3 Å². The van der Waals surface area contributed by atoms with E-state index in [1.54, 1.807) is 7.11 Å². The van der Waals surface area contributed by atoms with Crippen LogP contribution in [-0.4, -0.2) is 36.7 Å². The minimum absolute atomic E-state index is 0.871. The maximum atomic E-state index is 5.04. The van der Waals surface area contributed by atoms with Crippen molar-refractivity contribution in [3.05, 3.63) is 0 Å². The van der Waals surface area contributed by atoms with Crippen LogP contribution in [0.1, 0.15) is 71.6 Å². The average Bonchev–Trinajstić information content (AvgIpc) is 2.46. The SMILES string of the molecule is COCCSCCCCCCCCCCSCCC(C)C. The molecule has 21 heavy (non-hydrogen) atoms. The fraction of sp³-hybridized carbons (Fsp3) is 1.00. The fourth-order valence-corrected chi connectivity index (χ4v) is 4.28. The van der Waals surface area contributed by atoms with Crippen molar-refractivity contribution in [3.63, 3.8) is 0 Å². The average molecular weight is 335 g/mol. The summed E-state index contributed by atoms with van der Waals surface area (Å²) in [5.74, 6) is 6.09. The Labute approximate surface area is 142 Å². The van der Waals surface area contributed by atoms with Crippen molar-refractivity contribution in [3.8, 4) is 0 Å². The molecule has 1 nitrogen and oxygen atoms in total. The monoisotopic (exact) mass is 334 g/mol. The molecule has 0 heterocycles. The highest BCUT2D eigenvalue weighted by Crippen LogP contribution is 2.14. The number of ether oxygens (including phenoxy) is 1. The Morgan fingerprint density at radius 2 is 1.14 bits per heavy atom. The molecule has 0 amide bonds. The van der Waals surface area contributed by atoms with Gasteiger partial charge >= 0.3 is 0 Å². The van der Waals surface area contributed by atoms with Gasteiger partial charge in [-0.2, -0.15) is 23.5 Å². The number of rotatable bonds is 17. The van der Waals surface area contributed by atoms with E-state index in [9.17, 15) is 0 Å². The minimum Gasteiger partial charge on any atom is -0.384 e. The molecule has 0 rings (SSSR count). The molecule has 0 saturated heterocycles. The second-order valence-corrected chi connectivity index (χ2v) is 8.68. The standard InChI is InChI=1S/C18H38OS2/c1-18(2)12-16-20-14-10-8-6-4-5-7-9-11-15-21-17-13-19-3/h18H,4-17H2,1-3H3. The van der Waals surface area contributed by atoms with E-state index in [1.165, 1.54) is 75.0 Å². The zero-order valence-electron chi connectivity index (χ0n) is 14.7. The quantitative estimate of drug-likeness (QED) is 0.290. The molecular formula is C18H38OS2. The van der Waals surface area contributed by atoms with Crippen molar-refractivity contribution in [2.24, 2.45) is 5.92 Å². The lowest BCUT2D eigenvalue weighted by molar-refractivity contribution is 0.218. The molecule has 0 aromatic heterocycles. The molecule has 0 aromatic rings. The number of methoxy groups -OCH3 is 1. The van der Waals surface area contributed by atoms with Crippen LogP contribution in [0, 0.1) is 5.92 Å². The summed E-state index contributed by atoms with van der Waals surface area (Å²) in [7, 11) is 1.78. The van der Waals surface area contributed by atoms with Crippen LogP contribution < -0.4 is 0 Å². The smallest absolute Gasteiger partial charge is 0.0552 e. The fourth-order valence-electron chi connectivity index (χ4n) is 2.13. The Kier molecular flexibility index (Phi) is 19.3. The molecule has 0 radical (unpaired) electrons. The van der Waals surface area contributed by atoms with Crippen LogP contribution in [0.25, 0.3) is 0 Å². The van der Waals surface area contributed by atoms with Crippen LogP contribution in [0.15, 0.2) is 0 Å². The highest BCUT2D eigenvalue weighted by Gasteiger charge is 1.96. The highest BCUT2D eigenvalue weighted by atomic mass is 32.2. The Bertz CT molecular complexity index is 186. The summed E-state index contributed by atoms with van der Waals surface area (Å²) in [6, 6.07) is 0. The zero-order valence-corrected chi connectivity index (χ0v) is 16.3. The Morgan fingerprint density at radius 1 is 0.667 bits per heavy atom. The third-order valence-corrected chi connectivity index (χ3v) is 5.73. The van der Waals surface area contributed by atoms with E-state index >= 15 is 0 Å². The van der Waals surface area contributed by atoms with Gasteiger partial charge in [-0.05, 0) is 42.4 Å². The van der Waals surface area contributed by atoms with Crippen LogP contribution in [0.4, 0.5) is 0 Å². The summed E-state index contributed by atoms with van der Waals surface area (Å²) in [6.07, 6.45) is 12.9. The van der Waals surface area contributed by atoms with E-state index in [4.69, 9.17) is 4.74 Å². The van der Waals surface area contributed by atoms with E-state index < -0.39 is 0 Å². The van der Waals surface area contributed by atoms with Crippen LogP contribution in [-0.2, 0) is 4.74 Å². The van der Waals surface area contributed by atoms with Crippen molar-refractivity contribution in [1.82, 2.24) is 0 Å². The normalized spacial score (nSPS) is 11.4. The van der Waals surface area contributed by atoms with E-state index in [1.807, 2.05) is 11.8 Å². The van der Waals surface area contributed by atoms with Crippen LogP contribution in [0.3, 0.4) is 0 Å². The largest absolute Gasteiger partial charge is 0.384 e. The summed E-state index contributed by atoms with van der Waals surface area (Å²) in [5.41, 5.74) is 0. The van der Waals surface area contributed by atoms with Crippen molar-refractivity contribution < 1.29 is 4.74 Å². The Hall–Kier alpha value is 0.660. The van der Waals surface area contributed by atoms with Gasteiger partial charge in [-0.3, -0.25) is 0 Å². The number of hydrogen-bond donors (Lipinski definition) is 0. The molecule has 0 aromatic carbocycles. The topological polar surface area (TPSA) is 9.23 Å². The maximum absolute atomic E-state index is 5.04. The zero-order chi connectivity index (χ0) is 15.6. The lowest BCUT2D eigenvalue weighted by Gasteiger charge is -2.05. The molecule has 0 N–H and O–H groups in total. The minimum atomic E-state index is 0.871. The number of hydrogen-bond acceptors (Lipinski definition) is 3. The maximum Gasteiger partial charge on any atom is 0.0552 e. The van der Waals surface area contributed by atoms with Crippen LogP contribution in [0.5, 0.6) is 0 Å². The van der Waals surface area contributed by atoms with Gasteiger partial charge in [0.2, 0.25) is 0 Å². The summed E-state index contributed by atoms with van der Waals surface area (Å²) in [4.78, 5) is 0. The van der Waals surface area contributed by atoms with Gasteiger partial charge in [-0.25, -0.2) is 0 Å². The molecule has 0 fully saturated rings. The Morgan fingerprint density at radius 3 is 1.62 bits per heavy atom. The van der Waals surface area contributed by atoms with Gasteiger partial charge in [0.15, 0.2) is 0 Å². The second kappa shape index (κ2) is 18.7. The van der Waals surface area contributed by atoms with Crippen LogP contribution in [0.2, 0.25) is 0 Å². The molecule has 0 atom stereocenters. The molecular weight excluding hydrogens is 296 g/mol. The van der Waals surface area contributed by atoms with E-state index in [0.29, 0.717) is 0 Å². The van der Waals surface area contributed by atoms with Gasteiger partial charge in [-0.1, -0.05) is 52.4 Å². The third kappa shape index (κ3) is 20.7. The summed E-state index contributed by atoms with van der Waals surface area (Å²) < 4.78 is 5.04. The van der Waals surface area contributed by atoms with Crippen LogP contribution >= 0.6 is 23.5 Å². The molecule has 0 aliphatic carbocycles. The van der Waals surface area contributed by atoms with Gasteiger partial charge in [0.1, 0.15) is 0 Å². The molecule has 3 heteroatoms. The highest BCUT2D eigenvalue weighted by molar-refractivity contribution is 7.99. The van der Waals surface area contributed by atoms with Gasteiger partial charge in [0.05, 0.1) is 6.61 Å². The second-order valence-electron chi connectivity index (χ2n) is 6.23. The molecule has 0 unspecified atom stereocenters. The molecule has 0 aliphatic heterocycles. The van der Waals surface area contributed by atoms with Crippen molar-refractivity contribution >= 4 is 23.5 Å². The molecule has 0 aliphatic rings. The first kappa shape index (κ1) is 21.7. The Balaban J connectivity index is 2.93. The summed E-state index contributed by atoms with van der Waals surface area (Å²) >= 11 is 4.19. The lowest BCUT2D eigenvalue weighted by Crippen LogP contribution is -1.93. The van der Waals surface area contributed by atoms with Gasteiger partial charge in [-0.15, -0.1) is 0 Å². The predicted octanol–water partition coefficient (Wildman–Crippen LogP) is 6.27. The van der Waals surface area contributed by atoms with E-state index in [2.05, 4.69) is 25.6 Å². The molecule has 0 bridgehead atoms. The van der Waals surface area contributed by atoms with E-state index in [-0.39, 0.29) is 0 Å². The number of thioether (sulfide) groups is 2. The molecule has 0 saturated carbocycles. The molecule has 128 valence electrons. The molecule has 0 spiro atoms. The first-order valence-electron chi connectivity index (χ1n) is 8.91. The first-order valence-corrected chi connectivity index (χ1v) is 11.2. The van der Waals surface area contributed by atoms with Gasteiger partial charge < -0.3 is 4.74 Å². The predicted molar refractivity (Wildman–Crippen MR) is 103 cm³/mol. The van der Waals surface area contributed by atoms with Gasteiger partial charge in [0, 0.05) is 12.9 Å². The van der Waals surface area contributed by atoms with Crippen molar-refractivity contribution in [1.29, 1.82) is 0 Å². The third-order valence-electron chi connectivity index (χ3n) is 3.60.